The number of benzene rings is 1. The van der Waals surface area contributed by atoms with Crippen molar-refractivity contribution in [1.82, 2.24) is 15.2 Å². The number of nitrogens with two attached hydrogens (primary N) is 1. The number of nitrogens with one attached hydrogen (secondary N) is 1. The molecule has 0 spiro atoms. The molecular weight excluding hydrogens is 479 g/mol. The lowest BCUT2D eigenvalue weighted by Gasteiger charge is -2.28. The van der Waals surface area contributed by atoms with Gasteiger partial charge in [-0.25, -0.2) is 9.59 Å². The molecule has 0 bridgehead atoms. The Balaban J connectivity index is 0.000000458. The zero-order valence-electron chi connectivity index (χ0n) is 21.3. The number of ether oxygens (including phenoxy) is 2. The third-order valence-corrected chi connectivity index (χ3v) is 5.50. The molecule has 2 heterocycles. The molecule has 37 heavy (non-hydrogen) atoms. The highest BCUT2D eigenvalue weighted by Gasteiger charge is 2.24. The van der Waals surface area contributed by atoms with Crippen LogP contribution in [0, 0.1) is 5.92 Å². The van der Waals surface area contributed by atoms with Gasteiger partial charge in [0.05, 0.1) is 18.9 Å². The van der Waals surface area contributed by atoms with Crippen molar-refractivity contribution in [3.05, 3.63) is 59.9 Å². The van der Waals surface area contributed by atoms with Crippen LogP contribution in [0.4, 0.5) is 4.79 Å². The first kappa shape index (κ1) is 30.0. The number of carboxylic acids is 1. The van der Waals surface area contributed by atoms with Gasteiger partial charge in [-0.05, 0) is 42.2 Å². The molecule has 2 aromatic rings. The molecule has 1 fully saturated rings. The van der Waals surface area contributed by atoms with E-state index in [0.29, 0.717) is 51.0 Å². The molecule has 6 N–H and O–H groups in total. The number of amides is 2. The van der Waals surface area contributed by atoms with Gasteiger partial charge in [-0.2, -0.15) is 0 Å². The van der Waals surface area contributed by atoms with E-state index in [4.69, 9.17) is 25.3 Å². The van der Waals surface area contributed by atoms with Crippen molar-refractivity contribution < 1.29 is 34.2 Å². The van der Waals surface area contributed by atoms with Crippen molar-refractivity contribution in [2.24, 2.45) is 11.7 Å². The number of aliphatic carboxylic acids is 1. The number of rotatable bonds is 10. The molecule has 1 aromatic carbocycles. The molecule has 0 unspecified atom stereocenters. The molecule has 0 saturated carbocycles. The predicted octanol–water partition coefficient (Wildman–Crippen LogP) is 1.07. The minimum atomic E-state index is -1.37. The zero-order chi connectivity index (χ0) is 27.2. The molecule has 1 aliphatic rings. The Labute approximate surface area is 217 Å². The van der Waals surface area contributed by atoms with E-state index in [2.05, 4.69) is 10.3 Å². The van der Waals surface area contributed by atoms with E-state index in [-0.39, 0.29) is 12.5 Å². The highest BCUT2D eigenvalue weighted by molar-refractivity contribution is 6.43. The van der Waals surface area contributed by atoms with E-state index in [1.165, 1.54) is 0 Å². The van der Waals surface area contributed by atoms with Crippen molar-refractivity contribution in [2.45, 2.75) is 45.3 Å². The lowest BCUT2D eigenvalue weighted by atomic mass is 9.76. The summed E-state index contributed by atoms with van der Waals surface area (Å²) >= 11 is 0. The predicted molar refractivity (Wildman–Crippen MR) is 139 cm³/mol. The van der Waals surface area contributed by atoms with Gasteiger partial charge in [0.1, 0.15) is 18.4 Å². The summed E-state index contributed by atoms with van der Waals surface area (Å²) in [6.45, 7) is 6.18. The van der Waals surface area contributed by atoms with Crippen LogP contribution in [-0.2, 0) is 22.6 Å². The summed E-state index contributed by atoms with van der Waals surface area (Å²) in [7, 11) is -1.37. The molecule has 1 saturated heterocycles. The summed E-state index contributed by atoms with van der Waals surface area (Å²) in [6, 6.07) is 11.4. The molecule has 3 rings (SSSR count). The summed E-state index contributed by atoms with van der Waals surface area (Å²) < 4.78 is 10.9. The fraction of sp³-hybridized carbons (Fsp3) is 0.480. The van der Waals surface area contributed by atoms with Crippen LogP contribution in [0.5, 0.6) is 5.75 Å². The molecule has 1 aromatic heterocycles. The van der Waals surface area contributed by atoms with Gasteiger partial charge in [-0.3, -0.25) is 4.98 Å². The molecule has 202 valence electrons. The Morgan fingerprint density at radius 1 is 1.16 bits per heavy atom. The fourth-order valence-corrected chi connectivity index (χ4v) is 3.47. The third kappa shape index (κ3) is 11.6. The van der Waals surface area contributed by atoms with Crippen LogP contribution in [0.3, 0.4) is 0 Å². The second kappa shape index (κ2) is 15.8. The second-order valence-corrected chi connectivity index (χ2v) is 9.10. The van der Waals surface area contributed by atoms with Crippen LogP contribution in [0.25, 0.3) is 0 Å². The van der Waals surface area contributed by atoms with Crippen molar-refractivity contribution in [2.75, 3.05) is 26.3 Å². The minimum absolute atomic E-state index is 0.186. The number of carbonyl (C=O) groups excluding carboxylic acids is 1. The van der Waals surface area contributed by atoms with Gasteiger partial charge >= 0.3 is 19.1 Å². The Kier molecular flexibility index (Phi) is 12.8. The number of pyridine rings is 1. The van der Waals surface area contributed by atoms with E-state index >= 15 is 0 Å². The maximum absolute atomic E-state index is 12.2. The van der Waals surface area contributed by atoms with Gasteiger partial charge < -0.3 is 40.6 Å². The van der Waals surface area contributed by atoms with Crippen LogP contribution in [0.1, 0.15) is 31.5 Å². The Bertz CT molecular complexity index is 942. The largest absolute Gasteiger partial charge is 0.487 e. The number of hydrogen-bond donors (Lipinski definition) is 5. The first-order valence-electron chi connectivity index (χ1n) is 12.2. The molecular formula is C25H37BN4O7. The van der Waals surface area contributed by atoms with E-state index in [0.717, 1.165) is 11.3 Å². The first-order valence-corrected chi connectivity index (χ1v) is 12.2. The molecule has 1 aliphatic heterocycles. The van der Waals surface area contributed by atoms with Crippen LogP contribution in [-0.4, -0.2) is 82.4 Å². The number of morpholine rings is 1. The monoisotopic (exact) mass is 516 g/mol. The lowest BCUT2D eigenvalue weighted by Crippen LogP contribution is -2.51. The van der Waals surface area contributed by atoms with Crippen molar-refractivity contribution in [3.8, 4) is 5.75 Å². The topological polar surface area (TPSA) is 167 Å². The van der Waals surface area contributed by atoms with E-state index < -0.39 is 25.1 Å². The van der Waals surface area contributed by atoms with Crippen LogP contribution in [0.2, 0.25) is 0 Å². The van der Waals surface area contributed by atoms with Crippen LogP contribution < -0.4 is 15.8 Å². The minimum Gasteiger partial charge on any atom is -0.487 e. The SMILES string of the molecule is CC(C)C[C@H](N)B(O)O.O=C(O)[C@H](Cc1ccc(OCc2ccccn2)cc1)NC(=O)N1CCOCC1. The average Bonchev–Trinajstić information content (AvgIpc) is 2.89. The standard InChI is InChI=1S/C20H23N3O5.C5H14BNO2/c24-19(25)18(22-20(26)23-9-11-27-12-10-23)13-15-4-6-17(7-5-15)28-14-16-3-1-2-8-21-16;1-4(2)3-5(7)6(8)9/h1-8,18H,9-14H2,(H,22,26)(H,24,25);4-5,8-9H,3,7H2,1-2H3/t18-;5-/m00/s1. The van der Waals surface area contributed by atoms with E-state index in [1.807, 2.05) is 32.0 Å². The maximum atomic E-state index is 12.2. The summed E-state index contributed by atoms with van der Waals surface area (Å²) in [4.78, 5) is 29.6. The Morgan fingerprint density at radius 2 is 1.84 bits per heavy atom. The number of nitrogens with zero attached hydrogens (tertiary/aromatic N) is 2. The fourth-order valence-electron chi connectivity index (χ4n) is 3.47. The highest BCUT2D eigenvalue weighted by Crippen LogP contribution is 2.15. The molecule has 0 aliphatic carbocycles. The average molecular weight is 516 g/mol. The summed E-state index contributed by atoms with van der Waals surface area (Å²) in [5.41, 5.74) is 6.93. The number of hydrogen-bond acceptors (Lipinski definition) is 8. The maximum Gasteiger partial charge on any atom is 0.469 e. The van der Waals surface area contributed by atoms with Gasteiger partial charge in [-0.1, -0.05) is 32.0 Å². The van der Waals surface area contributed by atoms with Crippen molar-refractivity contribution in [3.63, 3.8) is 0 Å². The summed E-state index contributed by atoms with van der Waals surface area (Å²) in [5, 5.41) is 29.0. The van der Waals surface area contributed by atoms with Gasteiger partial charge in [0.25, 0.3) is 0 Å². The number of aromatic nitrogens is 1. The number of carbonyl (C=O) groups is 2. The second-order valence-electron chi connectivity index (χ2n) is 9.10. The lowest BCUT2D eigenvalue weighted by molar-refractivity contribution is -0.139. The Hall–Kier alpha value is -3.19. The summed E-state index contributed by atoms with van der Waals surface area (Å²) in [5.74, 6) is -0.484. The van der Waals surface area contributed by atoms with Gasteiger partial charge in [-0.15, -0.1) is 0 Å². The van der Waals surface area contributed by atoms with E-state index in [1.54, 1.807) is 35.4 Å². The zero-order valence-corrected chi connectivity index (χ0v) is 21.3. The van der Waals surface area contributed by atoms with Crippen LogP contribution >= 0.6 is 0 Å². The van der Waals surface area contributed by atoms with Crippen molar-refractivity contribution in [1.29, 1.82) is 0 Å². The molecule has 2 atom stereocenters. The van der Waals surface area contributed by atoms with Crippen LogP contribution in [0.15, 0.2) is 48.7 Å². The Morgan fingerprint density at radius 3 is 2.35 bits per heavy atom. The quantitative estimate of drug-likeness (QED) is 0.290. The number of carboxylic acid groups (broad SMARTS) is 1. The van der Waals surface area contributed by atoms with Crippen molar-refractivity contribution >= 4 is 19.1 Å². The smallest absolute Gasteiger partial charge is 0.469 e. The summed E-state index contributed by atoms with van der Waals surface area (Å²) in [6.07, 6.45) is 2.54. The van der Waals surface area contributed by atoms with Gasteiger partial charge in [0, 0.05) is 31.6 Å². The van der Waals surface area contributed by atoms with E-state index in [9.17, 15) is 14.7 Å². The molecule has 0 radical (unpaired) electrons. The molecule has 12 heteroatoms. The normalized spacial score (nSPS) is 14.7. The highest BCUT2D eigenvalue weighted by atomic mass is 16.5. The number of urea groups is 1. The molecule has 2 amide bonds. The van der Waals surface area contributed by atoms with Gasteiger partial charge in [0.2, 0.25) is 0 Å². The molecule has 11 nitrogen and oxygen atoms in total. The third-order valence-electron chi connectivity index (χ3n) is 5.50. The first-order chi connectivity index (χ1) is 17.7. The van der Waals surface area contributed by atoms with Gasteiger partial charge in [0.15, 0.2) is 0 Å².